The quantitative estimate of drug-likeness (QED) is 0.701. The minimum atomic E-state index is -0.565. The highest BCUT2D eigenvalue weighted by Crippen LogP contribution is 2.34. The molecule has 0 aromatic carbocycles. The van der Waals surface area contributed by atoms with Gasteiger partial charge in [0, 0.05) is 6.42 Å². The molecule has 0 radical (unpaired) electrons. The van der Waals surface area contributed by atoms with Crippen molar-refractivity contribution in [2.24, 2.45) is 0 Å². The van der Waals surface area contributed by atoms with Gasteiger partial charge < -0.3 is 4.79 Å². The molecule has 0 rings (SSSR count). The van der Waals surface area contributed by atoms with Crippen molar-refractivity contribution in [2.75, 3.05) is 5.75 Å². The molecule has 0 aliphatic rings. The molecule has 0 aliphatic heterocycles. The SMILES string of the molecule is CC.CCSC(=S)SC(C)(C#N)CCC(C)=O. The molecule has 0 aromatic rings. The van der Waals surface area contributed by atoms with Crippen LogP contribution in [0.25, 0.3) is 0 Å². The third-order valence-corrected chi connectivity index (χ3v) is 4.41. The Balaban J connectivity index is 0. The summed E-state index contributed by atoms with van der Waals surface area (Å²) in [4.78, 5) is 10.9. The van der Waals surface area contributed by atoms with Crippen molar-refractivity contribution < 1.29 is 4.79 Å². The summed E-state index contributed by atoms with van der Waals surface area (Å²) in [6.45, 7) is 9.40. The minimum Gasteiger partial charge on any atom is -0.300 e. The van der Waals surface area contributed by atoms with Gasteiger partial charge in [0.1, 0.15) is 14.1 Å². The monoisotopic (exact) mass is 291 g/mol. The molecule has 0 heterocycles. The summed E-state index contributed by atoms with van der Waals surface area (Å²) in [5.41, 5.74) is 0. The molecule has 0 bridgehead atoms. The molecule has 0 aromatic heterocycles. The maximum Gasteiger partial charge on any atom is 0.129 e. The Labute approximate surface area is 119 Å². The smallest absolute Gasteiger partial charge is 0.129 e. The molecule has 17 heavy (non-hydrogen) atoms. The van der Waals surface area contributed by atoms with E-state index in [1.165, 1.54) is 11.8 Å². The molecule has 98 valence electrons. The van der Waals surface area contributed by atoms with E-state index in [-0.39, 0.29) is 5.78 Å². The minimum absolute atomic E-state index is 0.117. The van der Waals surface area contributed by atoms with Crippen LogP contribution >= 0.6 is 35.7 Å². The predicted octanol–water partition coefficient (Wildman–Crippen LogP) is 4.44. The van der Waals surface area contributed by atoms with Gasteiger partial charge in [0.25, 0.3) is 0 Å². The second kappa shape index (κ2) is 11.1. The number of thioether (sulfide) groups is 2. The molecule has 1 unspecified atom stereocenters. The topological polar surface area (TPSA) is 40.9 Å². The number of thiocarbonyl (C=S) groups is 1. The standard InChI is InChI=1S/C10H15NOS3.C2H6/c1-4-14-9(13)15-10(3,7-11)6-5-8(2)12;1-2/h4-6H2,1-3H3;1-2H3. The van der Waals surface area contributed by atoms with E-state index in [0.717, 1.165) is 9.28 Å². The first-order chi connectivity index (χ1) is 7.93. The van der Waals surface area contributed by atoms with Crippen LogP contribution < -0.4 is 0 Å². The average molecular weight is 292 g/mol. The third kappa shape index (κ3) is 10.8. The zero-order valence-electron chi connectivity index (χ0n) is 11.2. The Morgan fingerprint density at radius 1 is 1.47 bits per heavy atom. The Morgan fingerprint density at radius 2 is 2.00 bits per heavy atom. The first kappa shape index (κ1) is 19.3. The summed E-state index contributed by atoms with van der Waals surface area (Å²) >= 11 is 8.10. The van der Waals surface area contributed by atoms with Crippen LogP contribution in [0.2, 0.25) is 0 Å². The van der Waals surface area contributed by atoms with Crippen molar-refractivity contribution in [1.82, 2.24) is 0 Å². The summed E-state index contributed by atoms with van der Waals surface area (Å²) in [5.74, 6) is 1.03. The average Bonchev–Trinajstić information content (AvgIpc) is 2.29. The molecular formula is C12H21NOS3. The summed E-state index contributed by atoms with van der Waals surface area (Å²) in [7, 11) is 0. The summed E-state index contributed by atoms with van der Waals surface area (Å²) in [6, 6.07) is 2.23. The van der Waals surface area contributed by atoms with E-state index in [1.807, 2.05) is 27.7 Å². The van der Waals surface area contributed by atoms with Crippen molar-refractivity contribution in [3.05, 3.63) is 0 Å². The van der Waals surface area contributed by atoms with Crippen LogP contribution in [0.15, 0.2) is 0 Å². The molecular weight excluding hydrogens is 270 g/mol. The van der Waals surface area contributed by atoms with Gasteiger partial charge in [-0.25, -0.2) is 0 Å². The fourth-order valence-electron chi connectivity index (χ4n) is 0.876. The van der Waals surface area contributed by atoms with E-state index in [0.29, 0.717) is 12.8 Å². The van der Waals surface area contributed by atoms with E-state index >= 15 is 0 Å². The Morgan fingerprint density at radius 3 is 2.35 bits per heavy atom. The first-order valence-electron chi connectivity index (χ1n) is 5.70. The highest BCUT2D eigenvalue weighted by atomic mass is 32.2. The normalized spacial score (nSPS) is 12.7. The van der Waals surface area contributed by atoms with Gasteiger partial charge in [-0.05, 0) is 26.0 Å². The van der Waals surface area contributed by atoms with Crippen molar-refractivity contribution >= 4 is 45.1 Å². The Bertz CT molecular complexity index is 286. The van der Waals surface area contributed by atoms with Gasteiger partial charge in [-0.1, -0.05) is 44.8 Å². The lowest BCUT2D eigenvalue weighted by Gasteiger charge is -2.19. The number of hydrogen-bond acceptors (Lipinski definition) is 5. The lowest BCUT2D eigenvalue weighted by atomic mass is 10.1. The Kier molecular flexibility index (Phi) is 12.6. The van der Waals surface area contributed by atoms with Gasteiger partial charge in [-0.3, -0.25) is 0 Å². The zero-order valence-corrected chi connectivity index (χ0v) is 13.7. The highest BCUT2D eigenvalue weighted by molar-refractivity contribution is 8.47. The number of Topliss-reactive ketones (excluding diaryl/α,β-unsaturated/α-hetero) is 1. The van der Waals surface area contributed by atoms with Gasteiger partial charge >= 0.3 is 0 Å². The molecule has 1 atom stereocenters. The van der Waals surface area contributed by atoms with Crippen LogP contribution in [0.1, 0.15) is 47.5 Å². The largest absolute Gasteiger partial charge is 0.300 e. The fraction of sp³-hybridized carbons (Fsp3) is 0.750. The van der Waals surface area contributed by atoms with Crippen LogP contribution in [0, 0.1) is 11.3 Å². The number of carbonyl (C=O) groups excluding carboxylic acids is 1. The molecule has 0 saturated carbocycles. The van der Waals surface area contributed by atoms with Gasteiger partial charge in [0.2, 0.25) is 0 Å². The highest BCUT2D eigenvalue weighted by Gasteiger charge is 2.26. The molecule has 0 amide bonds. The van der Waals surface area contributed by atoms with Gasteiger partial charge in [-0.2, -0.15) is 5.26 Å². The van der Waals surface area contributed by atoms with Crippen LogP contribution in [-0.2, 0) is 4.79 Å². The summed E-state index contributed by atoms with van der Waals surface area (Å²) < 4.78 is 0.218. The van der Waals surface area contributed by atoms with E-state index in [2.05, 4.69) is 6.07 Å². The lowest BCUT2D eigenvalue weighted by molar-refractivity contribution is -0.117. The molecule has 2 nitrogen and oxygen atoms in total. The van der Waals surface area contributed by atoms with Gasteiger partial charge in [-0.15, -0.1) is 11.8 Å². The Hall–Kier alpha value is -0.0500. The second-order valence-corrected chi connectivity index (χ2v) is 7.30. The zero-order chi connectivity index (χ0) is 13.9. The van der Waals surface area contributed by atoms with Crippen molar-refractivity contribution in [3.63, 3.8) is 0 Å². The molecule has 0 aliphatic carbocycles. The lowest BCUT2D eigenvalue weighted by Crippen LogP contribution is -2.19. The van der Waals surface area contributed by atoms with E-state index in [9.17, 15) is 4.79 Å². The van der Waals surface area contributed by atoms with Crippen LogP contribution in [-0.4, -0.2) is 19.8 Å². The van der Waals surface area contributed by atoms with Crippen molar-refractivity contribution in [3.8, 4) is 6.07 Å². The summed E-state index contributed by atoms with van der Waals surface area (Å²) in [6.07, 6.45) is 1.00. The predicted molar refractivity (Wildman–Crippen MR) is 83.6 cm³/mol. The van der Waals surface area contributed by atoms with Crippen molar-refractivity contribution in [2.45, 2.75) is 52.2 Å². The molecule has 0 fully saturated rings. The van der Waals surface area contributed by atoms with Gasteiger partial charge in [0.15, 0.2) is 0 Å². The third-order valence-electron chi connectivity index (χ3n) is 1.76. The van der Waals surface area contributed by atoms with Crippen molar-refractivity contribution in [1.29, 1.82) is 5.26 Å². The molecule has 5 heteroatoms. The van der Waals surface area contributed by atoms with Crippen LogP contribution in [0.3, 0.4) is 0 Å². The molecule has 0 saturated heterocycles. The first-order valence-corrected chi connectivity index (χ1v) is 7.91. The maximum absolute atomic E-state index is 10.9. The summed E-state index contributed by atoms with van der Waals surface area (Å²) in [5, 5.41) is 9.06. The van der Waals surface area contributed by atoms with E-state index in [1.54, 1.807) is 18.7 Å². The fourth-order valence-corrected chi connectivity index (χ4v) is 3.78. The number of hydrogen-bond donors (Lipinski definition) is 0. The van der Waals surface area contributed by atoms with Crippen LogP contribution in [0.4, 0.5) is 0 Å². The van der Waals surface area contributed by atoms with E-state index in [4.69, 9.17) is 17.5 Å². The molecule has 0 N–H and O–H groups in total. The van der Waals surface area contributed by atoms with Gasteiger partial charge in [0.05, 0.1) is 6.07 Å². The van der Waals surface area contributed by atoms with Crippen LogP contribution in [0.5, 0.6) is 0 Å². The number of nitrogens with zero attached hydrogens (tertiary/aromatic N) is 1. The maximum atomic E-state index is 10.9. The number of rotatable bonds is 5. The second-order valence-electron chi connectivity index (χ2n) is 3.33. The number of nitriles is 1. The van der Waals surface area contributed by atoms with E-state index < -0.39 is 4.75 Å². The molecule has 0 spiro atoms. The number of carbonyl (C=O) groups is 1. The number of ketones is 1.